The maximum atomic E-state index is 5.77. The van der Waals surface area contributed by atoms with Crippen LogP contribution in [-0.4, -0.2) is 12.2 Å². The van der Waals surface area contributed by atoms with Crippen LogP contribution >= 0.6 is 0 Å². The SMILES string of the molecule is C1=C(c2ccccc2)C[C@H]2CC[C@@H]1O2. The third-order valence-corrected chi connectivity index (χ3v) is 3.12. The minimum absolute atomic E-state index is 0.393. The van der Waals surface area contributed by atoms with Gasteiger partial charge in [0.05, 0.1) is 12.2 Å². The van der Waals surface area contributed by atoms with E-state index in [1.165, 1.54) is 24.0 Å². The van der Waals surface area contributed by atoms with Gasteiger partial charge in [-0.2, -0.15) is 0 Å². The van der Waals surface area contributed by atoms with Crippen molar-refractivity contribution in [1.82, 2.24) is 0 Å². The Morgan fingerprint density at radius 1 is 1.07 bits per heavy atom. The largest absolute Gasteiger partial charge is 0.371 e. The summed E-state index contributed by atoms with van der Waals surface area (Å²) >= 11 is 0. The molecular formula is C13H14O. The highest BCUT2D eigenvalue weighted by atomic mass is 16.5. The summed E-state index contributed by atoms with van der Waals surface area (Å²) in [7, 11) is 0. The molecule has 0 amide bonds. The fraction of sp³-hybridized carbons (Fsp3) is 0.385. The molecule has 2 bridgehead atoms. The fourth-order valence-electron chi connectivity index (χ4n) is 2.41. The van der Waals surface area contributed by atoms with Gasteiger partial charge < -0.3 is 4.74 Å². The molecule has 1 heteroatoms. The lowest BCUT2D eigenvalue weighted by molar-refractivity contribution is 0.0671. The first-order valence-electron chi connectivity index (χ1n) is 5.33. The molecule has 1 nitrogen and oxygen atoms in total. The van der Waals surface area contributed by atoms with Gasteiger partial charge in [-0.1, -0.05) is 36.4 Å². The van der Waals surface area contributed by atoms with E-state index in [0.717, 1.165) is 6.42 Å². The van der Waals surface area contributed by atoms with Crippen molar-refractivity contribution in [2.24, 2.45) is 0 Å². The van der Waals surface area contributed by atoms with Crippen LogP contribution in [0, 0.1) is 0 Å². The molecule has 2 aliphatic heterocycles. The van der Waals surface area contributed by atoms with Crippen molar-refractivity contribution in [3.63, 3.8) is 0 Å². The number of hydrogen-bond acceptors (Lipinski definition) is 1. The molecular weight excluding hydrogens is 172 g/mol. The van der Waals surface area contributed by atoms with E-state index in [-0.39, 0.29) is 0 Å². The van der Waals surface area contributed by atoms with Gasteiger partial charge >= 0.3 is 0 Å². The fourth-order valence-corrected chi connectivity index (χ4v) is 2.41. The molecule has 0 saturated carbocycles. The summed E-state index contributed by atoms with van der Waals surface area (Å²) in [6, 6.07) is 10.7. The predicted molar refractivity (Wildman–Crippen MR) is 56.9 cm³/mol. The van der Waals surface area contributed by atoms with Gasteiger partial charge in [0, 0.05) is 0 Å². The Kier molecular flexibility index (Phi) is 1.91. The Morgan fingerprint density at radius 2 is 1.93 bits per heavy atom. The number of ether oxygens (including phenoxy) is 1. The summed E-state index contributed by atoms with van der Waals surface area (Å²) in [4.78, 5) is 0. The second kappa shape index (κ2) is 3.25. The van der Waals surface area contributed by atoms with Gasteiger partial charge in [0.2, 0.25) is 0 Å². The third kappa shape index (κ3) is 1.38. The third-order valence-electron chi connectivity index (χ3n) is 3.12. The second-order valence-corrected chi connectivity index (χ2v) is 4.14. The molecule has 1 fully saturated rings. The Hall–Kier alpha value is -1.08. The molecule has 1 saturated heterocycles. The van der Waals surface area contributed by atoms with E-state index in [0.29, 0.717) is 12.2 Å². The predicted octanol–water partition coefficient (Wildman–Crippen LogP) is 3.02. The number of fused-ring (bicyclic) bond motifs is 2. The molecule has 1 aromatic carbocycles. The Bertz CT molecular complexity index is 353. The molecule has 0 N–H and O–H groups in total. The van der Waals surface area contributed by atoms with Gasteiger partial charge in [-0.05, 0) is 30.4 Å². The van der Waals surface area contributed by atoms with E-state index in [9.17, 15) is 0 Å². The van der Waals surface area contributed by atoms with Crippen LogP contribution in [0.5, 0.6) is 0 Å². The zero-order valence-electron chi connectivity index (χ0n) is 8.15. The van der Waals surface area contributed by atoms with Gasteiger partial charge in [-0.15, -0.1) is 0 Å². The van der Waals surface area contributed by atoms with E-state index in [4.69, 9.17) is 4.74 Å². The van der Waals surface area contributed by atoms with E-state index < -0.39 is 0 Å². The van der Waals surface area contributed by atoms with E-state index in [1.807, 2.05) is 0 Å². The quantitative estimate of drug-likeness (QED) is 0.655. The summed E-state index contributed by atoms with van der Waals surface area (Å²) < 4.78 is 5.77. The molecule has 14 heavy (non-hydrogen) atoms. The topological polar surface area (TPSA) is 9.23 Å². The van der Waals surface area contributed by atoms with Crippen molar-refractivity contribution in [2.75, 3.05) is 0 Å². The highest BCUT2D eigenvalue weighted by molar-refractivity contribution is 5.67. The van der Waals surface area contributed by atoms with Crippen LogP contribution in [0.2, 0.25) is 0 Å². The highest BCUT2D eigenvalue weighted by Gasteiger charge is 2.29. The lowest BCUT2D eigenvalue weighted by Gasteiger charge is -2.20. The minimum Gasteiger partial charge on any atom is -0.371 e. The maximum Gasteiger partial charge on any atom is 0.0766 e. The summed E-state index contributed by atoms with van der Waals surface area (Å²) in [6.45, 7) is 0. The zero-order valence-corrected chi connectivity index (χ0v) is 8.15. The van der Waals surface area contributed by atoms with Gasteiger partial charge in [0.25, 0.3) is 0 Å². The molecule has 0 aromatic heterocycles. The summed E-state index contributed by atoms with van der Waals surface area (Å²) in [5.74, 6) is 0. The van der Waals surface area contributed by atoms with Crippen LogP contribution in [0.15, 0.2) is 36.4 Å². The molecule has 72 valence electrons. The molecule has 0 radical (unpaired) electrons. The number of hydrogen-bond donors (Lipinski definition) is 0. The van der Waals surface area contributed by atoms with Gasteiger partial charge in [0.1, 0.15) is 0 Å². The van der Waals surface area contributed by atoms with Crippen molar-refractivity contribution >= 4 is 5.57 Å². The van der Waals surface area contributed by atoms with Crippen LogP contribution in [0.3, 0.4) is 0 Å². The Morgan fingerprint density at radius 3 is 2.71 bits per heavy atom. The molecule has 1 aromatic rings. The molecule has 0 spiro atoms. The van der Waals surface area contributed by atoms with Crippen LogP contribution in [0.1, 0.15) is 24.8 Å². The molecule has 0 unspecified atom stereocenters. The smallest absolute Gasteiger partial charge is 0.0766 e. The molecule has 2 aliphatic rings. The maximum absolute atomic E-state index is 5.77. The lowest BCUT2D eigenvalue weighted by atomic mass is 9.99. The minimum atomic E-state index is 0.393. The summed E-state index contributed by atoms with van der Waals surface area (Å²) in [5.41, 5.74) is 2.84. The van der Waals surface area contributed by atoms with Crippen molar-refractivity contribution in [3.05, 3.63) is 42.0 Å². The van der Waals surface area contributed by atoms with Gasteiger partial charge in [-0.3, -0.25) is 0 Å². The van der Waals surface area contributed by atoms with Gasteiger partial charge in [0.15, 0.2) is 0 Å². The first kappa shape index (κ1) is 8.25. The van der Waals surface area contributed by atoms with E-state index in [2.05, 4.69) is 36.4 Å². The van der Waals surface area contributed by atoms with Crippen molar-refractivity contribution in [1.29, 1.82) is 0 Å². The van der Waals surface area contributed by atoms with Crippen molar-refractivity contribution in [2.45, 2.75) is 31.5 Å². The van der Waals surface area contributed by atoms with Crippen LogP contribution < -0.4 is 0 Å². The number of rotatable bonds is 1. The first-order valence-corrected chi connectivity index (χ1v) is 5.33. The van der Waals surface area contributed by atoms with E-state index >= 15 is 0 Å². The molecule has 2 atom stereocenters. The first-order chi connectivity index (χ1) is 6.92. The Labute approximate surface area is 84.4 Å². The van der Waals surface area contributed by atoms with Gasteiger partial charge in [-0.25, -0.2) is 0 Å². The summed E-state index contributed by atoms with van der Waals surface area (Å²) in [6.07, 6.45) is 6.72. The standard InChI is InChI=1S/C13H14O/c1-2-4-10(5-3-1)11-8-12-6-7-13(9-11)14-12/h1-5,8,12-13H,6-7,9H2/t12-,13+/m0/s1. The van der Waals surface area contributed by atoms with Crippen molar-refractivity contribution in [3.8, 4) is 0 Å². The zero-order chi connectivity index (χ0) is 9.38. The molecule has 2 heterocycles. The van der Waals surface area contributed by atoms with Crippen LogP contribution in [0.4, 0.5) is 0 Å². The monoisotopic (exact) mass is 186 g/mol. The second-order valence-electron chi connectivity index (χ2n) is 4.14. The molecule has 3 rings (SSSR count). The highest BCUT2D eigenvalue weighted by Crippen LogP contribution is 2.35. The molecule has 0 aliphatic carbocycles. The van der Waals surface area contributed by atoms with E-state index in [1.54, 1.807) is 0 Å². The average Bonchev–Trinajstić information content (AvgIpc) is 2.59. The lowest BCUT2D eigenvalue weighted by Crippen LogP contribution is -2.15. The summed E-state index contributed by atoms with van der Waals surface area (Å²) in [5, 5.41) is 0. The number of benzene rings is 1. The Balaban J connectivity index is 1.93. The van der Waals surface area contributed by atoms with Crippen LogP contribution in [-0.2, 0) is 4.74 Å². The van der Waals surface area contributed by atoms with Crippen molar-refractivity contribution < 1.29 is 4.74 Å². The van der Waals surface area contributed by atoms with Crippen LogP contribution in [0.25, 0.3) is 5.57 Å². The normalized spacial score (nSPS) is 30.1. The average molecular weight is 186 g/mol.